The molecule has 0 aromatic heterocycles. The molecule has 0 bridgehead atoms. The highest BCUT2D eigenvalue weighted by molar-refractivity contribution is 7.91. The van der Waals surface area contributed by atoms with Crippen LogP contribution in [0.4, 0.5) is 0 Å². The molecule has 2 N–H and O–H groups in total. The number of aliphatic hydroxyl groups excluding tert-OH is 1. The van der Waals surface area contributed by atoms with Crippen LogP contribution < -0.4 is 0 Å². The lowest BCUT2D eigenvalue weighted by Crippen LogP contribution is -2.28. The van der Waals surface area contributed by atoms with Gasteiger partial charge in [-0.3, -0.25) is 4.79 Å². The van der Waals surface area contributed by atoms with E-state index in [4.69, 9.17) is 5.11 Å². The first-order valence-corrected chi connectivity index (χ1v) is 7.29. The fraction of sp³-hybridized carbons (Fsp3) is 0.900. The molecule has 0 radical (unpaired) electrons. The van der Waals surface area contributed by atoms with Gasteiger partial charge < -0.3 is 10.2 Å². The SMILES string of the molecule is CCC(O)CC(C(=O)O)C1CCS(=O)(=O)C1. The molecule has 1 saturated heterocycles. The Bertz CT molecular complexity index is 348. The van der Waals surface area contributed by atoms with Crippen molar-refractivity contribution in [1.82, 2.24) is 0 Å². The maximum atomic E-state index is 11.3. The molecule has 3 atom stereocenters. The molecular formula is C10H18O5S. The molecule has 94 valence electrons. The lowest BCUT2D eigenvalue weighted by atomic mass is 9.86. The van der Waals surface area contributed by atoms with Crippen molar-refractivity contribution in [1.29, 1.82) is 0 Å². The Morgan fingerprint density at radius 1 is 1.50 bits per heavy atom. The van der Waals surface area contributed by atoms with Crippen molar-refractivity contribution < 1.29 is 23.4 Å². The van der Waals surface area contributed by atoms with E-state index in [2.05, 4.69) is 0 Å². The molecule has 5 nitrogen and oxygen atoms in total. The zero-order chi connectivity index (χ0) is 12.3. The standard InChI is InChI=1S/C10H18O5S/c1-2-8(11)5-9(10(12)13)7-3-4-16(14,15)6-7/h7-9,11H,2-6H2,1H3,(H,12,13). The van der Waals surface area contributed by atoms with Crippen LogP contribution >= 0.6 is 0 Å². The Balaban J connectivity index is 2.68. The van der Waals surface area contributed by atoms with E-state index in [9.17, 15) is 18.3 Å². The number of sulfone groups is 1. The van der Waals surface area contributed by atoms with Crippen molar-refractivity contribution in [3.63, 3.8) is 0 Å². The van der Waals surface area contributed by atoms with Crippen molar-refractivity contribution in [3.8, 4) is 0 Å². The topological polar surface area (TPSA) is 91.7 Å². The Morgan fingerprint density at radius 2 is 2.12 bits per heavy atom. The minimum Gasteiger partial charge on any atom is -0.481 e. The third kappa shape index (κ3) is 3.45. The quantitative estimate of drug-likeness (QED) is 0.731. The first-order chi connectivity index (χ1) is 7.35. The van der Waals surface area contributed by atoms with Gasteiger partial charge in [0.1, 0.15) is 0 Å². The van der Waals surface area contributed by atoms with E-state index in [0.717, 1.165) is 0 Å². The van der Waals surface area contributed by atoms with E-state index < -0.39 is 27.8 Å². The van der Waals surface area contributed by atoms with Crippen LogP contribution in [0.3, 0.4) is 0 Å². The summed E-state index contributed by atoms with van der Waals surface area (Å²) >= 11 is 0. The third-order valence-electron chi connectivity index (χ3n) is 3.15. The van der Waals surface area contributed by atoms with Crippen LogP contribution in [0.1, 0.15) is 26.2 Å². The normalized spacial score (nSPS) is 27.5. The second-order valence-corrected chi connectivity index (χ2v) is 6.63. The number of carboxylic acid groups (broad SMARTS) is 1. The van der Waals surface area contributed by atoms with Crippen LogP contribution in [-0.2, 0) is 14.6 Å². The molecule has 0 spiro atoms. The maximum absolute atomic E-state index is 11.3. The summed E-state index contributed by atoms with van der Waals surface area (Å²) in [6.07, 6.45) is 0.370. The number of aliphatic hydroxyl groups is 1. The summed E-state index contributed by atoms with van der Waals surface area (Å²) < 4.78 is 22.5. The molecular weight excluding hydrogens is 232 g/mol. The van der Waals surface area contributed by atoms with Crippen molar-refractivity contribution in [3.05, 3.63) is 0 Å². The molecule has 1 aliphatic heterocycles. The van der Waals surface area contributed by atoms with E-state index in [0.29, 0.717) is 12.8 Å². The van der Waals surface area contributed by atoms with Gasteiger partial charge in [-0.05, 0) is 25.2 Å². The minimum atomic E-state index is -3.06. The second kappa shape index (κ2) is 5.14. The zero-order valence-electron chi connectivity index (χ0n) is 9.30. The minimum absolute atomic E-state index is 0.0552. The Labute approximate surface area is 95.4 Å². The zero-order valence-corrected chi connectivity index (χ0v) is 10.1. The number of carbonyl (C=O) groups is 1. The molecule has 0 aliphatic carbocycles. The summed E-state index contributed by atoms with van der Waals surface area (Å²) in [6, 6.07) is 0. The van der Waals surface area contributed by atoms with Gasteiger partial charge in [0.2, 0.25) is 0 Å². The van der Waals surface area contributed by atoms with Gasteiger partial charge in [0, 0.05) is 0 Å². The van der Waals surface area contributed by atoms with E-state index in [1.54, 1.807) is 6.92 Å². The van der Waals surface area contributed by atoms with Gasteiger partial charge >= 0.3 is 5.97 Å². The van der Waals surface area contributed by atoms with E-state index in [1.165, 1.54) is 0 Å². The molecule has 1 heterocycles. The number of hydrogen-bond donors (Lipinski definition) is 2. The third-order valence-corrected chi connectivity index (χ3v) is 4.94. The largest absolute Gasteiger partial charge is 0.481 e. The highest BCUT2D eigenvalue weighted by atomic mass is 32.2. The summed E-state index contributed by atoms with van der Waals surface area (Å²) in [7, 11) is -3.06. The first-order valence-electron chi connectivity index (χ1n) is 5.47. The van der Waals surface area contributed by atoms with Gasteiger partial charge in [-0.15, -0.1) is 0 Å². The average Bonchev–Trinajstić information content (AvgIpc) is 2.54. The van der Waals surface area contributed by atoms with Gasteiger partial charge in [0.15, 0.2) is 9.84 Å². The van der Waals surface area contributed by atoms with Crippen molar-refractivity contribution >= 4 is 15.8 Å². The Morgan fingerprint density at radius 3 is 2.50 bits per heavy atom. The number of carboxylic acids is 1. The van der Waals surface area contributed by atoms with E-state index in [1.807, 2.05) is 0 Å². The van der Waals surface area contributed by atoms with Gasteiger partial charge in [0.05, 0.1) is 23.5 Å². The van der Waals surface area contributed by atoms with E-state index >= 15 is 0 Å². The summed E-state index contributed by atoms with van der Waals surface area (Å²) in [6.45, 7) is 1.77. The average molecular weight is 250 g/mol. The molecule has 0 saturated carbocycles. The first kappa shape index (κ1) is 13.4. The van der Waals surface area contributed by atoms with Gasteiger partial charge in [0.25, 0.3) is 0 Å². The summed E-state index contributed by atoms with van der Waals surface area (Å²) in [5, 5.41) is 18.5. The number of hydrogen-bond acceptors (Lipinski definition) is 4. The molecule has 16 heavy (non-hydrogen) atoms. The molecule has 3 unspecified atom stereocenters. The fourth-order valence-corrected chi connectivity index (χ4v) is 3.98. The smallest absolute Gasteiger partial charge is 0.306 e. The maximum Gasteiger partial charge on any atom is 0.306 e. The highest BCUT2D eigenvalue weighted by Crippen LogP contribution is 2.29. The van der Waals surface area contributed by atoms with Gasteiger partial charge in [-0.25, -0.2) is 8.42 Å². The highest BCUT2D eigenvalue weighted by Gasteiger charge is 2.37. The fourth-order valence-electron chi connectivity index (χ4n) is 2.10. The van der Waals surface area contributed by atoms with Crippen molar-refractivity contribution in [2.24, 2.45) is 11.8 Å². The lowest BCUT2D eigenvalue weighted by Gasteiger charge is -2.20. The predicted octanol–water partition coefficient (Wildman–Crippen LogP) is 0.283. The van der Waals surface area contributed by atoms with Crippen LogP contribution in [0.2, 0.25) is 0 Å². The summed E-state index contributed by atoms with van der Waals surface area (Å²) in [4.78, 5) is 11.0. The molecule has 1 rings (SSSR count). The Kier molecular flexibility index (Phi) is 4.32. The monoisotopic (exact) mass is 250 g/mol. The predicted molar refractivity (Wildman–Crippen MR) is 58.8 cm³/mol. The molecule has 0 aromatic rings. The lowest BCUT2D eigenvalue weighted by molar-refractivity contribution is -0.144. The summed E-state index contributed by atoms with van der Waals surface area (Å²) in [5.74, 6) is -2.07. The van der Waals surface area contributed by atoms with Gasteiger partial charge in [-0.2, -0.15) is 0 Å². The second-order valence-electron chi connectivity index (χ2n) is 4.41. The molecule has 1 aliphatic rings. The van der Waals surface area contributed by atoms with Crippen molar-refractivity contribution in [2.45, 2.75) is 32.3 Å². The van der Waals surface area contributed by atoms with E-state index in [-0.39, 0.29) is 23.8 Å². The number of rotatable bonds is 5. The molecule has 0 amide bonds. The molecule has 1 fully saturated rings. The van der Waals surface area contributed by atoms with Crippen LogP contribution in [0.5, 0.6) is 0 Å². The van der Waals surface area contributed by atoms with Crippen LogP contribution in [-0.4, -0.2) is 42.2 Å². The van der Waals surface area contributed by atoms with Crippen molar-refractivity contribution in [2.75, 3.05) is 11.5 Å². The van der Waals surface area contributed by atoms with Gasteiger partial charge in [-0.1, -0.05) is 6.92 Å². The van der Waals surface area contributed by atoms with Crippen LogP contribution in [0, 0.1) is 11.8 Å². The summed E-state index contributed by atoms with van der Waals surface area (Å²) in [5.41, 5.74) is 0. The molecule has 6 heteroatoms. The number of aliphatic carboxylic acids is 1. The van der Waals surface area contributed by atoms with Crippen LogP contribution in [0.25, 0.3) is 0 Å². The Hall–Kier alpha value is -0.620. The van der Waals surface area contributed by atoms with Crippen LogP contribution in [0.15, 0.2) is 0 Å². The molecule has 0 aromatic carbocycles.